The lowest BCUT2D eigenvalue weighted by Crippen LogP contribution is -2.15. The summed E-state index contributed by atoms with van der Waals surface area (Å²) in [6, 6.07) is 7.35. The SMILES string of the molecule is COc1cc(C#N)cc(OCC2CCNC2)c1. The predicted octanol–water partition coefficient (Wildman–Crippen LogP) is 1.56. The molecule has 1 atom stereocenters. The fourth-order valence-corrected chi connectivity index (χ4v) is 1.91. The maximum absolute atomic E-state index is 8.89. The first-order valence-electron chi connectivity index (χ1n) is 5.74. The third-order valence-corrected chi connectivity index (χ3v) is 2.89. The van der Waals surface area contributed by atoms with Crippen molar-refractivity contribution in [3.63, 3.8) is 0 Å². The zero-order valence-corrected chi connectivity index (χ0v) is 9.90. The van der Waals surface area contributed by atoms with E-state index in [2.05, 4.69) is 11.4 Å². The van der Waals surface area contributed by atoms with E-state index < -0.39 is 0 Å². The van der Waals surface area contributed by atoms with E-state index in [4.69, 9.17) is 14.7 Å². The molecule has 1 aliphatic rings. The first kappa shape index (κ1) is 11.7. The standard InChI is InChI=1S/C13H16N2O2/c1-16-12-4-11(7-14)5-13(6-12)17-9-10-2-3-15-8-10/h4-6,10,15H,2-3,8-9H2,1H3. The van der Waals surface area contributed by atoms with Gasteiger partial charge < -0.3 is 14.8 Å². The highest BCUT2D eigenvalue weighted by atomic mass is 16.5. The first-order chi connectivity index (χ1) is 8.31. The van der Waals surface area contributed by atoms with Gasteiger partial charge in [-0.3, -0.25) is 0 Å². The van der Waals surface area contributed by atoms with E-state index in [-0.39, 0.29) is 0 Å². The summed E-state index contributed by atoms with van der Waals surface area (Å²) in [5.74, 6) is 1.92. The maximum Gasteiger partial charge on any atom is 0.124 e. The van der Waals surface area contributed by atoms with Gasteiger partial charge in [-0.15, -0.1) is 0 Å². The molecule has 0 saturated carbocycles. The number of methoxy groups -OCH3 is 1. The van der Waals surface area contributed by atoms with Crippen LogP contribution in [-0.2, 0) is 0 Å². The minimum atomic E-state index is 0.559. The Labute approximate surface area is 101 Å². The minimum absolute atomic E-state index is 0.559. The van der Waals surface area contributed by atoms with Crippen molar-refractivity contribution in [1.82, 2.24) is 5.32 Å². The third kappa shape index (κ3) is 3.11. The molecule has 1 aliphatic heterocycles. The van der Waals surface area contributed by atoms with E-state index in [9.17, 15) is 0 Å². The number of nitriles is 1. The van der Waals surface area contributed by atoms with Crippen molar-refractivity contribution in [1.29, 1.82) is 5.26 Å². The lowest BCUT2D eigenvalue weighted by Gasteiger charge is -2.12. The molecule has 1 fully saturated rings. The highest BCUT2D eigenvalue weighted by Gasteiger charge is 2.15. The third-order valence-electron chi connectivity index (χ3n) is 2.89. The molecule has 1 aromatic rings. The van der Waals surface area contributed by atoms with E-state index in [0.717, 1.165) is 19.5 Å². The van der Waals surface area contributed by atoms with Crippen molar-refractivity contribution in [2.24, 2.45) is 5.92 Å². The Morgan fingerprint density at radius 3 is 2.88 bits per heavy atom. The zero-order chi connectivity index (χ0) is 12.1. The summed E-state index contributed by atoms with van der Waals surface area (Å²) in [6.45, 7) is 2.76. The molecule has 1 aromatic carbocycles. The van der Waals surface area contributed by atoms with Crippen LogP contribution in [0, 0.1) is 17.2 Å². The van der Waals surface area contributed by atoms with Crippen molar-refractivity contribution in [3.8, 4) is 17.6 Å². The Morgan fingerprint density at radius 2 is 2.24 bits per heavy atom. The van der Waals surface area contributed by atoms with E-state index in [0.29, 0.717) is 29.6 Å². The molecule has 1 unspecified atom stereocenters. The molecule has 0 radical (unpaired) electrons. The second kappa shape index (κ2) is 5.55. The molecule has 4 heteroatoms. The first-order valence-corrected chi connectivity index (χ1v) is 5.74. The number of benzene rings is 1. The van der Waals surface area contributed by atoms with Crippen molar-refractivity contribution in [2.45, 2.75) is 6.42 Å². The van der Waals surface area contributed by atoms with Crippen molar-refractivity contribution in [3.05, 3.63) is 23.8 Å². The summed E-state index contributed by atoms with van der Waals surface area (Å²) >= 11 is 0. The van der Waals surface area contributed by atoms with Gasteiger partial charge in [-0.2, -0.15) is 5.26 Å². The van der Waals surface area contributed by atoms with Crippen LogP contribution in [0.4, 0.5) is 0 Å². The number of hydrogen-bond acceptors (Lipinski definition) is 4. The Bertz CT molecular complexity index is 420. The van der Waals surface area contributed by atoms with Crippen LogP contribution in [0.5, 0.6) is 11.5 Å². The monoisotopic (exact) mass is 232 g/mol. The normalized spacial score (nSPS) is 18.7. The van der Waals surface area contributed by atoms with Gasteiger partial charge in [-0.25, -0.2) is 0 Å². The molecule has 4 nitrogen and oxygen atoms in total. The molecule has 0 spiro atoms. The Kier molecular flexibility index (Phi) is 3.84. The van der Waals surface area contributed by atoms with Gasteiger partial charge in [0.1, 0.15) is 11.5 Å². The Balaban J connectivity index is 2.01. The summed E-state index contributed by atoms with van der Waals surface area (Å²) < 4.78 is 10.8. The maximum atomic E-state index is 8.89. The quantitative estimate of drug-likeness (QED) is 0.855. The average Bonchev–Trinajstić information content (AvgIpc) is 2.89. The van der Waals surface area contributed by atoms with Crippen molar-refractivity contribution in [2.75, 3.05) is 26.8 Å². The molecule has 1 N–H and O–H groups in total. The largest absolute Gasteiger partial charge is 0.497 e. The van der Waals surface area contributed by atoms with Crippen LogP contribution in [0.1, 0.15) is 12.0 Å². The summed E-state index contributed by atoms with van der Waals surface area (Å²) in [7, 11) is 1.58. The molecule has 0 aliphatic carbocycles. The lowest BCUT2D eigenvalue weighted by atomic mass is 10.1. The van der Waals surface area contributed by atoms with Gasteiger partial charge >= 0.3 is 0 Å². The highest BCUT2D eigenvalue weighted by molar-refractivity contribution is 5.43. The van der Waals surface area contributed by atoms with Gasteiger partial charge in [0.05, 0.1) is 25.3 Å². The molecule has 17 heavy (non-hydrogen) atoms. The van der Waals surface area contributed by atoms with Gasteiger partial charge in [0.15, 0.2) is 0 Å². The van der Waals surface area contributed by atoms with Gasteiger partial charge in [-0.05, 0) is 25.1 Å². The van der Waals surface area contributed by atoms with E-state index in [1.54, 1.807) is 19.2 Å². The van der Waals surface area contributed by atoms with Crippen molar-refractivity contribution >= 4 is 0 Å². The summed E-state index contributed by atoms with van der Waals surface area (Å²) in [5.41, 5.74) is 0.559. The number of nitrogens with one attached hydrogen (secondary N) is 1. The van der Waals surface area contributed by atoms with Crippen LogP contribution < -0.4 is 14.8 Å². The van der Waals surface area contributed by atoms with Gasteiger partial charge in [-0.1, -0.05) is 0 Å². The fraction of sp³-hybridized carbons (Fsp3) is 0.462. The Morgan fingerprint density at radius 1 is 1.41 bits per heavy atom. The van der Waals surface area contributed by atoms with Crippen LogP contribution in [0.15, 0.2) is 18.2 Å². The molecule has 1 heterocycles. The summed E-state index contributed by atoms with van der Waals surface area (Å²) in [5, 5.41) is 12.2. The zero-order valence-electron chi connectivity index (χ0n) is 9.90. The van der Waals surface area contributed by atoms with Crippen LogP contribution in [0.2, 0.25) is 0 Å². The van der Waals surface area contributed by atoms with E-state index in [1.165, 1.54) is 0 Å². The number of nitrogens with zero attached hydrogens (tertiary/aromatic N) is 1. The second-order valence-electron chi connectivity index (χ2n) is 4.18. The highest BCUT2D eigenvalue weighted by Crippen LogP contribution is 2.23. The molecule has 0 aromatic heterocycles. The summed E-state index contributed by atoms with van der Waals surface area (Å²) in [4.78, 5) is 0. The Hall–Kier alpha value is -1.73. The smallest absolute Gasteiger partial charge is 0.124 e. The molecular formula is C13H16N2O2. The molecule has 0 bridgehead atoms. The van der Waals surface area contributed by atoms with Crippen LogP contribution in [0.3, 0.4) is 0 Å². The molecule has 90 valence electrons. The lowest BCUT2D eigenvalue weighted by molar-refractivity contribution is 0.259. The fourth-order valence-electron chi connectivity index (χ4n) is 1.91. The molecule has 1 saturated heterocycles. The predicted molar refractivity (Wildman–Crippen MR) is 64.2 cm³/mol. The number of hydrogen-bond donors (Lipinski definition) is 1. The number of ether oxygens (including phenoxy) is 2. The van der Waals surface area contributed by atoms with Crippen LogP contribution in [-0.4, -0.2) is 26.8 Å². The number of rotatable bonds is 4. The topological polar surface area (TPSA) is 54.3 Å². The second-order valence-corrected chi connectivity index (χ2v) is 4.18. The van der Waals surface area contributed by atoms with E-state index >= 15 is 0 Å². The van der Waals surface area contributed by atoms with E-state index in [1.807, 2.05) is 6.07 Å². The van der Waals surface area contributed by atoms with Gasteiger partial charge in [0.2, 0.25) is 0 Å². The average molecular weight is 232 g/mol. The van der Waals surface area contributed by atoms with Gasteiger partial charge in [0, 0.05) is 18.5 Å². The minimum Gasteiger partial charge on any atom is -0.497 e. The van der Waals surface area contributed by atoms with Crippen LogP contribution >= 0.6 is 0 Å². The summed E-state index contributed by atoms with van der Waals surface area (Å²) in [6.07, 6.45) is 1.15. The molecular weight excluding hydrogens is 216 g/mol. The van der Waals surface area contributed by atoms with Crippen LogP contribution in [0.25, 0.3) is 0 Å². The van der Waals surface area contributed by atoms with Gasteiger partial charge in [0.25, 0.3) is 0 Å². The molecule has 2 rings (SSSR count). The molecule has 0 amide bonds. The van der Waals surface area contributed by atoms with Crippen molar-refractivity contribution < 1.29 is 9.47 Å².